The van der Waals surface area contributed by atoms with Crippen LogP contribution >= 0.6 is 23.1 Å². The monoisotopic (exact) mass is 395 g/mol. The highest BCUT2D eigenvalue weighted by Crippen LogP contribution is 2.29. The molecule has 7 heteroatoms. The molecule has 1 aromatic carbocycles. The zero-order chi connectivity index (χ0) is 18.8. The van der Waals surface area contributed by atoms with Crippen molar-refractivity contribution in [3.05, 3.63) is 76.2 Å². The summed E-state index contributed by atoms with van der Waals surface area (Å²) in [6.07, 6.45) is 1.71. The van der Waals surface area contributed by atoms with E-state index in [0.29, 0.717) is 34.2 Å². The molecule has 0 aliphatic carbocycles. The topological polar surface area (TPSA) is 60.9 Å². The average molecular weight is 396 g/mol. The SMILES string of the molecule is C=CCn1c(SCc2nc(-c3cccs3)oc2C)nc2ccccc2c1=O. The Labute approximate surface area is 164 Å². The van der Waals surface area contributed by atoms with Crippen LogP contribution in [-0.4, -0.2) is 14.5 Å². The normalized spacial score (nSPS) is 11.1. The molecule has 4 rings (SSSR count). The Bertz CT molecular complexity index is 1160. The number of nitrogens with zero attached hydrogens (tertiary/aromatic N) is 3. The van der Waals surface area contributed by atoms with Crippen LogP contribution in [0.25, 0.3) is 21.7 Å². The van der Waals surface area contributed by atoms with Crippen LogP contribution in [0.4, 0.5) is 0 Å². The van der Waals surface area contributed by atoms with Crippen molar-refractivity contribution in [3.63, 3.8) is 0 Å². The third-order valence-corrected chi connectivity index (χ3v) is 5.95. The molecule has 3 aromatic heterocycles. The Balaban J connectivity index is 1.67. The van der Waals surface area contributed by atoms with E-state index in [2.05, 4.69) is 16.5 Å². The number of hydrogen-bond donors (Lipinski definition) is 0. The number of allylic oxidation sites excluding steroid dienone is 1. The molecule has 0 amide bonds. The molecule has 0 bridgehead atoms. The third-order valence-electron chi connectivity index (χ3n) is 4.10. The molecular weight excluding hydrogens is 378 g/mol. The van der Waals surface area contributed by atoms with E-state index in [0.717, 1.165) is 16.3 Å². The maximum absolute atomic E-state index is 12.8. The summed E-state index contributed by atoms with van der Waals surface area (Å²) in [4.78, 5) is 23.1. The molecule has 136 valence electrons. The van der Waals surface area contributed by atoms with Gasteiger partial charge in [-0.15, -0.1) is 17.9 Å². The summed E-state index contributed by atoms with van der Waals surface area (Å²) in [6.45, 7) is 6.08. The number of rotatable bonds is 6. The van der Waals surface area contributed by atoms with Gasteiger partial charge in [0.05, 0.1) is 21.5 Å². The lowest BCUT2D eigenvalue weighted by Gasteiger charge is -2.10. The van der Waals surface area contributed by atoms with Crippen molar-refractivity contribution in [2.24, 2.45) is 0 Å². The van der Waals surface area contributed by atoms with E-state index >= 15 is 0 Å². The van der Waals surface area contributed by atoms with E-state index < -0.39 is 0 Å². The molecule has 0 atom stereocenters. The lowest BCUT2D eigenvalue weighted by molar-refractivity contribution is 0.542. The summed E-state index contributed by atoms with van der Waals surface area (Å²) < 4.78 is 7.45. The van der Waals surface area contributed by atoms with Crippen LogP contribution in [0.3, 0.4) is 0 Å². The first-order valence-electron chi connectivity index (χ1n) is 8.41. The van der Waals surface area contributed by atoms with Crippen LogP contribution in [0.5, 0.6) is 0 Å². The van der Waals surface area contributed by atoms with Crippen LogP contribution in [-0.2, 0) is 12.3 Å². The molecular formula is C20H17N3O2S2. The molecule has 5 nitrogen and oxygen atoms in total. The Kier molecular flexibility index (Phi) is 4.96. The minimum Gasteiger partial charge on any atom is -0.440 e. The van der Waals surface area contributed by atoms with E-state index in [4.69, 9.17) is 4.42 Å². The largest absolute Gasteiger partial charge is 0.440 e. The first kappa shape index (κ1) is 17.8. The molecule has 0 radical (unpaired) electrons. The van der Waals surface area contributed by atoms with Gasteiger partial charge in [0.25, 0.3) is 5.56 Å². The predicted octanol–water partition coefficient (Wildman–Crippen LogP) is 4.90. The Morgan fingerprint density at radius 3 is 2.89 bits per heavy atom. The number of fused-ring (bicyclic) bond motifs is 1. The number of thioether (sulfide) groups is 1. The predicted molar refractivity (Wildman–Crippen MR) is 110 cm³/mol. The summed E-state index contributed by atoms with van der Waals surface area (Å²) in [5, 5.41) is 3.26. The molecule has 0 spiro atoms. The summed E-state index contributed by atoms with van der Waals surface area (Å²) in [5.41, 5.74) is 1.50. The molecule has 3 heterocycles. The van der Waals surface area contributed by atoms with Crippen molar-refractivity contribution in [2.45, 2.75) is 24.4 Å². The van der Waals surface area contributed by atoms with Gasteiger partial charge < -0.3 is 4.42 Å². The Hall–Kier alpha value is -2.64. The molecule has 0 unspecified atom stereocenters. The number of para-hydroxylation sites is 1. The fraction of sp³-hybridized carbons (Fsp3) is 0.150. The molecule has 27 heavy (non-hydrogen) atoms. The number of thiophene rings is 1. The van der Waals surface area contributed by atoms with Crippen molar-refractivity contribution in [1.29, 1.82) is 0 Å². The zero-order valence-electron chi connectivity index (χ0n) is 14.7. The van der Waals surface area contributed by atoms with Crippen LogP contribution in [0.1, 0.15) is 11.5 Å². The standard InChI is InChI=1S/C20H17N3O2S2/c1-3-10-23-19(24)14-7-4-5-8-15(14)22-20(23)27-12-16-13(2)25-18(21-16)17-9-6-11-26-17/h3-9,11H,1,10,12H2,2H3. The minimum atomic E-state index is -0.0563. The van der Waals surface area contributed by atoms with Crippen LogP contribution in [0.2, 0.25) is 0 Å². The third kappa shape index (κ3) is 3.48. The fourth-order valence-electron chi connectivity index (χ4n) is 2.75. The average Bonchev–Trinajstić information content (AvgIpc) is 3.32. The lowest BCUT2D eigenvalue weighted by Crippen LogP contribution is -2.22. The molecule has 0 aliphatic rings. The van der Waals surface area contributed by atoms with Gasteiger partial charge >= 0.3 is 0 Å². The van der Waals surface area contributed by atoms with Crippen LogP contribution in [0, 0.1) is 6.92 Å². The van der Waals surface area contributed by atoms with Crippen LogP contribution < -0.4 is 5.56 Å². The van der Waals surface area contributed by atoms with Crippen molar-refractivity contribution in [3.8, 4) is 10.8 Å². The Morgan fingerprint density at radius 2 is 2.11 bits per heavy atom. The van der Waals surface area contributed by atoms with Gasteiger partial charge in [0.1, 0.15) is 5.76 Å². The van der Waals surface area contributed by atoms with Gasteiger partial charge in [-0.3, -0.25) is 9.36 Å². The van der Waals surface area contributed by atoms with Crippen LogP contribution in [0.15, 0.2) is 68.8 Å². The number of hydrogen-bond acceptors (Lipinski definition) is 6. The number of benzene rings is 1. The van der Waals surface area contributed by atoms with Gasteiger partial charge in [-0.05, 0) is 30.5 Å². The second kappa shape index (κ2) is 7.54. The second-order valence-corrected chi connectivity index (χ2v) is 7.79. The Morgan fingerprint density at radius 1 is 1.26 bits per heavy atom. The van der Waals surface area contributed by atoms with Gasteiger partial charge in [0, 0.05) is 12.3 Å². The smallest absolute Gasteiger partial charge is 0.262 e. The number of oxazole rings is 1. The highest BCUT2D eigenvalue weighted by atomic mass is 32.2. The van der Waals surface area contributed by atoms with E-state index in [-0.39, 0.29) is 5.56 Å². The first-order chi connectivity index (χ1) is 13.2. The maximum Gasteiger partial charge on any atom is 0.262 e. The minimum absolute atomic E-state index is 0.0563. The molecule has 4 aromatic rings. The van der Waals surface area contributed by atoms with E-state index in [9.17, 15) is 4.79 Å². The van der Waals surface area contributed by atoms with Crippen molar-refractivity contribution in [1.82, 2.24) is 14.5 Å². The fourth-order valence-corrected chi connectivity index (χ4v) is 4.41. The van der Waals surface area contributed by atoms with Gasteiger partial charge in [-0.25, -0.2) is 9.97 Å². The van der Waals surface area contributed by atoms with Crippen molar-refractivity contribution < 1.29 is 4.42 Å². The highest BCUT2D eigenvalue weighted by Gasteiger charge is 2.15. The lowest BCUT2D eigenvalue weighted by atomic mass is 10.2. The first-order valence-corrected chi connectivity index (χ1v) is 10.3. The van der Waals surface area contributed by atoms with Gasteiger partial charge in [-0.1, -0.05) is 36.0 Å². The van der Waals surface area contributed by atoms with E-state index in [1.807, 2.05) is 42.6 Å². The summed E-state index contributed by atoms with van der Waals surface area (Å²) in [5.74, 6) is 1.99. The summed E-state index contributed by atoms with van der Waals surface area (Å²) >= 11 is 3.07. The zero-order valence-corrected chi connectivity index (χ0v) is 16.3. The highest BCUT2D eigenvalue weighted by molar-refractivity contribution is 7.98. The quantitative estimate of drug-likeness (QED) is 0.264. The van der Waals surface area contributed by atoms with Gasteiger partial charge in [-0.2, -0.15) is 0 Å². The number of aromatic nitrogens is 3. The van der Waals surface area contributed by atoms with Crippen molar-refractivity contribution in [2.75, 3.05) is 0 Å². The van der Waals surface area contributed by atoms with E-state index in [1.54, 1.807) is 28.0 Å². The number of aryl methyl sites for hydroxylation is 1. The molecule has 0 fully saturated rings. The van der Waals surface area contributed by atoms with Crippen molar-refractivity contribution >= 4 is 34.0 Å². The maximum atomic E-state index is 12.8. The van der Waals surface area contributed by atoms with Gasteiger partial charge in [0.15, 0.2) is 5.16 Å². The molecule has 0 aliphatic heterocycles. The van der Waals surface area contributed by atoms with E-state index in [1.165, 1.54) is 11.8 Å². The molecule has 0 saturated carbocycles. The summed E-state index contributed by atoms with van der Waals surface area (Å²) in [6, 6.07) is 11.3. The molecule has 0 saturated heterocycles. The summed E-state index contributed by atoms with van der Waals surface area (Å²) in [7, 11) is 0. The second-order valence-electron chi connectivity index (χ2n) is 5.90. The van der Waals surface area contributed by atoms with Gasteiger partial charge in [0.2, 0.25) is 5.89 Å². The molecule has 0 N–H and O–H groups in total.